The number of piperidine rings is 1. The minimum Gasteiger partial charge on any atom is -0.353 e. The molecule has 2 aromatic carbocycles. The SMILES string of the molecule is Cc1ccc(F)cc1S(=O)(=O)N1CCC(NC(=O)CCc2ccccc2)CC1. The first-order valence-electron chi connectivity index (χ1n) is 9.46. The highest BCUT2D eigenvalue weighted by Crippen LogP contribution is 2.24. The molecule has 3 rings (SSSR count). The van der Waals surface area contributed by atoms with E-state index in [1.54, 1.807) is 6.92 Å². The molecule has 5 nitrogen and oxygen atoms in total. The number of aryl methyl sites for hydroxylation is 2. The third-order valence-electron chi connectivity index (χ3n) is 5.07. The molecule has 1 amide bonds. The van der Waals surface area contributed by atoms with Gasteiger partial charge in [0.15, 0.2) is 0 Å². The van der Waals surface area contributed by atoms with Crippen LogP contribution < -0.4 is 5.32 Å². The summed E-state index contributed by atoms with van der Waals surface area (Å²) in [7, 11) is -3.73. The van der Waals surface area contributed by atoms with E-state index in [0.29, 0.717) is 44.3 Å². The lowest BCUT2D eigenvalue weighted by molar-refractivity contribution is -0.122. The topological polar surface area (TPSA) is 66.5 Å². The number of amides is 1. The smallest absolute Gasteiger partial charge is 0.243 e. The Morgan fingerprint density at radius 3 is 2.50 bits per heavy atom. The maximum absolute atomic E-state index is 13.5. The second kappa shape index (κ2) is 8.84. The van der Waals surface area contributed by atoms with E-state index in [4.69, 9.17) is 0 Å². The van der Waals surface area contributed by atoms with Gasteiger partial charge in [-0.1, -0.05) is 36.4 Å². The van der Waals surface area contributed by atoms with E-state index < -0.39 is 15.8 Å². The Balaban J connectivity index is 1.52. The monoisotopic (exact) mass is 404 g/mol. The summed E-state index contributed by atoms with van der Waals surface area (Å²) < 4.78 is 40.5. The lowest BCUT2D eigenvalue weighted by atomic mass is 10.1. The molecule has 1 N–H and O–H groups in total. The average molecular weight is 405 g/mol. The number of sulfonamides is 1. The van der Waals surface area contributed by atoms with Crippen molar-refractivity contribution in [2.45, 2.75) is 43.5 Å². The highest BCUT2D eigenvalue weighted by atomic mass is 32.2. The Labute approximate surface area is 165 Å². The molecule has 1 aliphatic heterocycles. The molecule has 0 bridgehead atoms. The molecule has 0 unspecified atom stereocenters. The number of nitrogens with one attached hydrogen (secondary N) is 1. The zero-order valence-electron chi connectivity index (χ0n) is 15.9. The molecule has 0 radical (unpaired) electrons. The van der Waals surface area contributed by atoms with Crippen molar-refractivity contribution in [1.82, 2.24) is 9.62 Å². The van der Waals surface area contributed by atoms with Gasteiger partial charge in [0.1, 0.15) is 5.82 Å². The van der Waals surface area contributed by atoms with Crippen LogP contribution in [0, 0.1) is 12.7 Å². The summed E-state index contributed by atoms with van der Waals surface area (Å²) in [6.45, 7) is 2.27. The highest BCUT2D eigenvalue weighted by Gasteiger charge is 2.31. The lowest BCUT2D eigenvalue weighted by Crippen LogP contribution is -2.46. The molecule has 0 aromatic heterocycles. The predicted molar refractivity (Wildman–Crippen MR) is 106 cm³/mol. The molecule has 150 valence electrons. The van der Waals surface area contributed by atoms with Crippen LogP contribution in [0.2, 0.25) is 0 Å². The molecule has 0 atom stereocenters. The lowest BCUT2D eigenvalue weighted by Gasteiger charge is -2.32. The first-order chi connectivity index (χ1) is 13.4. The number of nitrogens with zero attached hydrogens (tertiary/aromatic N) is 1. The van der Waals surface area contributed by atoms with Gasteiger partial charge in [-0.15, -0.1) is 0 Å². The van der Waals surface area contributed by atoms with Crippen LogP contribution in [0.15, 0.2) is 53.4 Å². The molecule has 1 saturated heterocycles. The Morgan fingerprint density at radius 1 is 1.14 bits per heavy atom. The van der Waals surface area contributed by atoms with Crippen molar-refractivity contribution in [2.24, 2.45) is 0 Å². The number of hydrogen-bond acceptors (Lipinski definition) is 3. The van der Waals surface area contributed by atoms with Crippen LogP contribution in [-0.4, -0.2) is 37.8 Å². The predicted octanol–water partition coefficient (Wildman–Crippen LogP) is 3.04. The van der Waals surface area contributed by atoms with Crippen molar-refractivity contribution >= 4 is 15.9 Å². The van der Waals surface area contributed by atoms with Gasteiger partial charge in [0, 0.05) is 25.6 Å². The van der Waals surface area contributed by atoms with Gasteiger partial charge in [0.2, 0.25) is 15.9 Å². The van der Waals surface area contributed by atoms with E-state index in [0.717, 1.165) is 11.6 Å². The van der Waals surface area contributed by atoms with E-state index in [-0.39, 0.29) is 16.8 Å². The number of hydrogen-bond donors (Lipinski definition) is 1. The molecule has 1 aliphatic rings. The summed E-state index contributed by atoms with van der Waals surface area (Å²) in [5, 5.41) is 3.00. The molecule has 7 heteroatoms. The number of rotatable bonds is 6. The fourth-order valence-corrected chi connectivity index (χ4v) is 5.14. The fourth-order valence-electron chi connectivity index (χ4n) is 3.43. The number of carbonyl (C=O) groups excluding carboxylic acids is 1. The van der Waals surface area contributed by atoms with Crippen molar-refractivity contribution in [3.8, 4) is 0 Å². The number of halogens is 1. The van der Waals surface area contributed by atoms with Crippen molar-refractivity contribution in [1.29, 1.82) is 0 Å². The largest absolute Gasteiger partial charge is 0.353 e. The van der Waals surface area contributed by atoms with Crippen LogP contribution in [0.1, 0.15) is 30.4 Å². The van der Waals surface area contributed by atoms with Crippen LogP contribution in [-0.2, 0) is 21.2 Å². The number of benzene rings is 2. The first-order valence-corrected chi connectivity index (χ1v) is 10.9. The van der Waals surface area contributed by atoms with Gasteiger partial charge in [-0.3, -0.25) is 4.79 Å². The standard InChI is InChI=1S/C21H25FN2O3S/c1-16-7-9-18(22)15-20(16)28(26,27)24-13-11-19(12-14-24)23-21(25)10-8-17-5-3-2-4-6-17/h2-7,9,15,19H,8,10-14H2,1H3,(H,23,25). The first kappa shape index (κ1) is 20.5. The minimum atomic E-state index is -3.73. The maximum atomic E-state index is 13.5. The van der Waals surface area contributed by atoms with Crippen molar-refractivity contribution in [3.05, 3.63) is 65.5 Å². The highest BCUT2D eigenvalue weighted by molar-refractivity contribution is 7.89. The van der Waals surface area contributed by atoms with Gasteiger partial charge in [0.05, 0.1) is 4.90 Å². The van der Waals surface area contributed by atoms with Crippen LogP contribution in [0.3, 0.4) is 0 Å². The summed E-state index contributed by atoms with van der Waals surface area (Å²) in [5.41, 5.74) is 1.64. The second-order valence-corrected chi connectivity index (χ2v) is 9.05. The molecule has 0 spiro atoms. The molecule has 28 heavy (non-hydrogen) atoms. The molecule has 0 aliphatic carbocycles. The molecule has 1 fully saturated rings. The van der Waals surface area contributed by atoms with Crippen molar-refractivity contribution in [3.63, 3.8) is 0 Å². The molecular formula is C21H25FN2O3S. The van der Waals surface area contributed by atoms with Crippen molar-refractivity contribution in [2.75, 3.05) is 13.1 Å². The summed E-state index contributed by atoms with van der Waals surface area (Å²) >= 11 is 0. The summed E-state index contributed by atoms with van der Waals surface area (Å²) in [6.07, 6.45) is 2.18. The van der Waals surface area contributed by atoms with Gasteiger partial charge in [-0.05, 0) is 49.4 Å². The van der Waals surface area contributed by atoms with E-state index in [1.165, 1.54) is 16.4 Å². The van der Waals surface area contributed by atoms with E-state index >= 15 is 0 Å². The quantitative estimate of drug-likeness (QED) is 0.805. The molecule has 0 saturated carbocycles. The van der Waals surface area contributed by atoms with Gasteiger partial charge in [0.25, 0.3) is 0 Å². The van der Waals surface area contributed by atoms with Gasteiger partial charge in [-0.25, -0.2) is 12.8 Å². The third-order valence-corrected chi connectivity index (χ3v) is 7.11. The van der Waals surface area contributed by atoms with E-state index in [2.05, 4.69) is 5.32 Å². The Bertz CT molecular complexity index is 924. The van der Waals surface area contributed by atoms with Crippen LogP contribution in [0.4, 0.5) is 4.39 Å². The molecule has 2 aromatic rings. The zero-order chi connectivity index (χ0) is 20.1. The Kier molecular flexibility index (Phi) is 6.46. The Hall–Kier alpha value is -2.25. The van der Waals surface area contributed by atoms with Gasteiger partial charge < -0.3 is 5.32 Å². The maximum Gasteiger partial charge on any atom is 0.243 e. The van der Waals surface area contributed by atoms with E-state index in [1.807, 2.05) is 30.3 Å². The fraction of sp³-hybridized carbons (Fsp3) is 0.381. The van der Waals surface area contributed by atoms with Crippen LogP contribution in [0.25, 0.3) is 0 Å². The molecule has 1 heterocycles. The normalized spacial score (nSPS) is 16.1. The van der Waals surface area contributed by atoms with Gasteiger partial charge in [-0.2, -0.15) is 4.31 Å². The summed E-state index contributed by atoms with van der Waals surface area (Å²) in [6, 6.07) is 13.6. The van der Waals surface area contributed by atoms with Crippen LogP contribution in [0.5, 0.6) is 0 Å². The Morgan fingerprint density at radius 2 is 1.82 bits per heavy atom. The van der Waals surface area contributed by atoms with Crippen molar-refractivity contribution < 1.29 is 17.6 Å². The molecular weight excluding hydrogens is 379 g/mol. The summed E-state index contributed by atoms with van der Waals surface area (Å²) in [4.78, 5) is 12.2. The second-order valence-electron chi connectivity index (χ2n) is 7.14. The van der Waals surface area contributed by atoms with Gasteiger partial charge >= 0.3 is 0 Å². The van der Waals surface area contributed by atoms with Crippen LogP contribution >= 0.6 is 0 Å². The summed E-state index contributed by atoms with van der Waals surface area (Å²) in [5.74, 6) is -0.587. The third kappa shape index (κ3) is 4.97. The van der Waals surface area contributed by atoms with E-state index in [9.17, 15) is 17.6 Å². The zero-order valence-corrected chi connectivity index (χ0v) is 16.7. The number of carbonyl (C=O) groups is 1. The minimum absolute atomic E-state index is 0.0119. The average Bonchev–Trinajstić information content (AvgIpc) is 2.69.